The van der Waals surface area contributed by atoms with E-state index < -0.39 is 0 Å². The summed E-state index contributed by atoms with van der Waals surface area (Å²) >= 11 is 11.3. The number of carbonyl (C=O) groups excluding carboxylic acids is 1. The van der Waals surface area contributed by atoms with E-state index in [-0.39, 0.29) is 17.1 Å². The molecule has 0 heterocycles. The second kappa shape index (κ2) is 8.13. The first kappa shape index (κ1) is 18.2. The highest BCUT2D eigenvalue weighted by Crippen LogP contribution is 2.22. The molecule has 2 aromatic carbocycles. The Morgan fingerprint density at radius 1 is 1.21 bits per heavy atom. The summed E-state index contributed by atoms with van der Waals surface area (Å²) in [7, 11) is 0. The van der Waals surface area contributed by atoms with Crippen LogP contribution in [0.4, 0.5) is 5.69 Å². The Morgan fingerprint density at radius 3 is 2.62 bits per heavy atom. The lowest BCUT2D eigenvalue weighted by Crippen LogP contribution is -2.34. The molecular formula is C18H19ClN2O2S. The average molecular weight is 363 g/mol. The van der Waals surface area contributed by atoms with Gasteiger partial charge in [-0.05, 0) is 68.9 Å². The molecule has 24 heavy (non-hydrogen) atoms. The molecule has 0 aromatic heterocycles. The molecule has 6 heteroatoms. The van der Waals surface area contributed by atoms with E-state index >= 15 is 0 Å². The summed E-state index contributed by atoms with van der Waals surface area (Å²) in [6, 6.07) is 12.4. The maximum atomic E-state index is 12.3. The Bertz CT molecular complexity index is 762. The lowest BCUT2D eigenvalue weighted by molar-refractivity contribution is 0.0977. The predicted molar refractivity (Wildman–Crippen MR) is 102 cm³/mol. The number of nitrogens with one attached hydrogen (secondary N) is 2. The topological polar surface area (TPSA) is 50.4 Å². The summed E-state index contributed by atoms with van der Waals surface area (Å²) in [5.74, 6) is 0.337. The summed E-state index contributed by atoms with van der Waals surface area (Å²) < 4.78 is 5.59. The van der Waals surface area contributed by atoms with Gasteiger partial charge in [0.05, 0.1) is 6.10 Å². The normalized spacial score (nSPS) is 10.4. The zero-order chi connectivity index (χ0) is 17.7. The van der Waals surface area contributed by atoms with Gasteiger partial charge in [0.2, 0.25) is 0 Å². The molecule has 4 nitrogen and oxygen atoms in total. The van der Waals surface area contributed by atoms with Crippen LogP contribution in [0.3, 0.4) is 0 Å². The van der Waals surface area contributed by atoms with E-state index in [1.165, 1.54) is 0 Å². The van der Waals surface area contributed by atoms with E-state index in [4.69, 9.17) is 28.6 Å². The summed E-state index contributed by atoms with van der Waals surface area (Å²) in [4.78, 5) is 12.3. The summed E-state index contributed by atoms with van der Waals surface area (Å²) in [6.07, 6.45) is 0.0388. The van der Waals surface area contributed by atoms with Crippen molar-refractivity contribution in [3.05, 3.63) is 58.6 Å². The number of carbonyl (C=O) groups is 1. The maximum absolute atomic E-state index is 12.3. The molecule has 0 radical (unpaired) electrons. The van der Waals surface area contributed by atoms with Crippen LogP contribution in [-0.4, -0.2) is 17.1 Å². The van der Waals surface area contributed by atoms with Crippen LogP contribution in [0.15, 0.2) is 42.5 Å². The van der Waals surface area contributed by atoms with Gasteiger partial charge in [-0.25, -0.2) is 0 Å². The molecule has 2 aromatic rings. The first-order chi connectivity index (χ1) is 11.4. The molecule has 126 valence electrons. The molecular weight excluding hydrogens is 344 g/mol. The molecule has 0 atom stereocenters. The molecule has 0 saturated carbocycles. The van der Waals surface area contributed by atoms with Crippen LogP contribution in [0.25, 0.3) is 0 Å². The maximum Gasteiger partial charge on any atom is 0.257 e. The Balaban J connectivity index is 2.04. The largest absolute Gasteiger partial charge is 0.491 e. The van der Waals surface area contributed by atoms with Crippen molar-refractivity contribution in [2.45, 2.75) is 26.9 Å². The molecule has 0 aliphatic rings. The number of ether oxygens (including phenoxy) is 1. The quantitative estimate of drug-likeness (QED) is 0.783. The molecule has 0 fully saturated rings. The van der Waals surface area contributed by atoms with Crippen LogP contribution in [-0.2, 0) is 0 Å². The van der Waals surface area contributed by atoms with Crippen molar-refractivity contribution < 1.29 is 9.53 Å². The van der Waals surface area contributed by atoms with Gasteiger partial charge in [-0.1, -0.05) is 23.7 Å². The average Bonchev–Trinajstić information content (AvgIpc) is 2.51. The molecule has 0 saturated heterocycles. The van der Waals surface area contributed by atoms with E-state index in [1.807, 2.05) is 39.0 Å². The van der Waals surface area contributed by atoms with Gasteiger partial charge >= 0.3 is 0 Å². The minimum Gasteiger partial charge on any atom is -0.491 e. The Kier molecular flexibility index (Phi) is 6.17. The summed E-state index contributed by atoms with van der Waals surface area (Å²) in [5, 5.41) is 6.48. The number of amides is 1. The zero-order valence-corrected chi connectivity index (χ0v) is 15.3. The van der Waals surface area contributed by atoms with E-state index in [2.05, 4.69) is 10.6 Å². The number of thiocarbonyl (C=S) groups is 1. The summed E-state index contributed by atoms with van der Waals surface area (Å²) in [5.41, 5.74) is 2.09. The van der Waals surface area contributed by atoms with Gasteiger partial charge in [0.25, 0.3) is 5.91 Å². The van der Waals surface area contributed by atoms with Crippen molar-refractivity contribution in [3.63, 3.8) is 0 Å². The smallest absolute Gasteiger partial charge is 0.257 e. The van der Waals surface area contributed by atoms with Crippen molar-refractivity contribution in [1.29, 1.82) is 0 Å². The van der Waals surface area contributed by atoms with Gasteiger partial charge in [0.15, 0.2) is 5.11 Å². The number of hydrogen-bond acceptors (Lipinski definition) is 3. The van der Waals surface area contributed by atoms with Crippen molar-refractivity contribution in [3.8, 4) is 5.75 Å². The molecule has 2 rings (SSSR count). The highest BCUT2D eigenvalue weighted by Gasteiger charge is 2.11. The highest BCUT2D eigenvalue weighted by atomic mass is 35.5. The van der Waals surface area contributed by atoms with Gasteiger partial charge in [0.1, 0.15) is 5.75 Å². The predicted octanol–water partition coefficient (Wildman–Crippen LogP) is 4.56. The van der Waals surface area contributed by atoms with Crippen molar-refractivity contribution >= 4 is 40.5 Å². The molecule has 0 aliphatic heterocycles. The fourth-order valence-electron chi connectivity index (χ4n) is 2.05. The SMILES string of the molecule is Cc1c(Cl)cccc1NC(=S)NC(=O)c1cccc(OC(C)C)c1. The minimum atomic E-state index is -0.304. The zero-order valence-electron chi connectivity index (χ0n) is 13.7. The fourth-order valence-corrected chi connectivity index (χ4v) is 2.43. The van der Waals surface area contributed by atoms with Gasteiger partial charge in [-0.3, -0.25) is 10.1 Å². The highest BCUT2D eigenvalue weighted by molar-refractivity contribution is 7.80. The Labute approximate surface area is 152 Å². The summed E-state index contributed by atoms with van der Waals surface area (Å²) in [6.45, 7) is 5.74. The van der Waals surface area contributed by atoms with Crippen molar-refractivity contribution in [2.24, 2.45) is 0 Å². The van der Waals surface area contributed by atoms with Gasteiger partial charge < -0.3 is 10.1 Å². The second-order valence-corrected chi connectivity index (χ2v) is 6.33. The van der Waals surface area contributed by atoms with E-state index in [9.17, 15) is 4.79 Å². The molecule has 0 spiro atoms. The fraction of sp³-hybridized carbons (Fsp3) is 0.222. The van der Waals surface area contributed by atoms with Crippen LogP contribution in [0.2, 0.25) is 5.02 Å². The third kappa shape index (κ3) is 4.94. The molecule has 2 N–H and O–H groups in total. The molecule has 1 amide bonds. The lowest BCUT2D eigenvalue weighted by Gasteiger charge is -2.13. The van der Waals surface area contributed by atoms with E-state index in [1.54, 1.807) is 24.3 Å². The first-order valence-corrected chi connectivity index (χ1v) is 8.29. The number of anilines is 1. The minimum absolute atomic E-state index is 0.0388. The van der Waals surface area contributed by atoms with Gasteiger partial charge in [0, 0.05) is 16.3 Å². The number of benzene rings is 2. The Morgan fingerprint density at radius 2 is 1.92 bits per heavy atom. The first-order valence-electron chi connectivity index (χ1n) is 7.51. The molecule has 0 unspecified atom stereocenters. The van der Waals surface area contributed by atoms with Crippen LogP contribution >= 0.6 is 23.8 Å². The molecule has 0 aliphatic carbocycles. The number of rotatable bonds is 4. The third-order valence-corrected chi connectivity index (χ3v) is 3.82. The number of hydrogen-bond donors (Lipinski definition) is 2. The standard InChI is InChI=1S/C18H19ClN2O2S/c1-11(2)23-14-7-4-6-13(10-14)17(22)21-18(24)20-16-9-5-8-15(19)12(16)3/h4-11H,1-3H3,(H2,20,21,22,24). The van der Waals surface area contributed by atoms with E-state index in [0.717, 1.165) is 11.3 Å². The van der Waals surface area contributed by atoms with Crippen LogP contribution in [0.1, 0.15) is 29.8 Å². The third-order valence-electron chi connectivity index (χ3n) is 3.21. The van der Waals surface area contributed by atoms with Crippen LogP contribution < -0.4 is 15.4 Å². The van der Waals surface area contributed by atoms with Crippen LogP contribution in [0.5, 0.6) is 5.75 Å². The van der Waals surface area contributed by atoms with Crippen molar-refractivity contribution in [1.82, 2.24) is 5.32 Å². The van der Waals surface area contributed by atoms with Crippen LogP contribution in [0, 0.1) is 6.92 Å². The van der Waals surface area contributed by atoms with Gasteiger partial charge in [-0.15, -0.1) is 0 Å². The van der Waals surface area contributed by atoms with Crippen molar-refractivity contribution in [2.75, 3.05) is 5.32 Å². The monoisotopic (exact) mass is 362 g/mol. The lowest BCUT2D eigenvalue weighted by atomic mass is 10.2. The Hall–Kier alpha value is -2.11. The molecule has 0 bridgehead atoms. The second-order valence-electron chi connectivity index (χ2n) is 5.52. The van der Waals surface area contributed by atoms with Gasteiger partial charge in [-0.2, -0.15) is 0 Å². The van der Waals surface area contributed by atoms with E-state index in [0.29, 0.717) is 16.3 Å². The number of halogens is 1.